The van der Waals surface area contributed by atoms with E-state index in [1.54, 1.807) is 25.1 Å². The van der Waals surface area contributed by atoms with Crippen LogP contribution < -0.4 is 4.74 Å². The highest BCUT2D eigenvalue weighted by Crippen LogP contribution is 2.28. The van der Waals surface area contributed by atoms with Crippen LogP contribution in [0.15, 0.2) is 30.3 Å². The summed E-state index contributed by atoms with van der Waals surface area (Å²) in [7, 11) is 0. The maximum Gasteiger partial charge on any atom is 0.310 e. The second-order valence-electron chi connectivity index (χ2n) is 4.35. The van der Waals surface area contributed by atoms with Crippen molar-refractivity contribution in [3.63, 3.8) is 0 Å². The van der Waals surface area contributed by atoms with Crippen LogP contribution in [-0.2, 0) is 0 Å². The molecule has 0 aliphatic heterocycles. The van der Waals surface area contributed by atoms with Crippen molar-refractivity contribution in [1.29, 1.82) is 0 Å². The molecular weight excluding hydrogens is 278 g/mol. The molecule has 0 unspecified atom stereocenters. The van der Waals surface area contributed by atoms with Gasteiger partial charge in [0.1, 0.15) is 0 Å². The van der Waals surface area contributed by atoms with E-state index in [0.29, 0.717) is 4.88 Å². The molecule has 1 aromatic carbocycles. The number of Topliss-reactive ketones (excluding diaryl/α,β-unsaturated/α-hetero) is 1. The minimum absolute atomic E-state index is 0.122. The van der Waals surface area contributed by atoms with Crippen molar-refractivity contribution in [2.24, 2.45) is 0 Å². The van der Waals surface area contributed by atoms with E-state index < -0.39 is 4.92 Å². The lowest BCUT2D eigenvalue weighted by Gasteiger charge is -2.06. The summed E-state index contributed by atoms with van der Waals surface area (Å²) in [5.74, 6) is -0.0597. The Morgan fingerprint density at radius 3 is 2.65 bits per heavy atom. The van der Waals surface area contributed by atoms with Crippen molar-refractivity contribution in [1.82, 2.24) is 0 Å². The fourth-order valence-electron chi connectivity index (χ4n) is 1.69. The minimum atomic E-state index is -0.519. The maximum atomic E-state index is 11.9. The molecule has 0 fully saturated rings. The number of hydrogen-bond donors (Lipinski definition) is 0. The van der Waals surface area contributed by atoms with Crippen LogP contribution in [-0.4, -0.2) is 17.3 Å². The van der Waals surface area contributed by atoms with Gasteiger partial charge >= 0.3 is 5.69 Å². The van der Waals surface area contributed by atoms with Crippen molar-refractivity contribution >= 4 is 22.8 Å². The van der Waals surface area contributed by atoms with Crippen LogP contribution >= 0.6 is 11.3 Å². The Morgan fingerprint density at radius 2 is 2.05 bits per heavy atom. The number of nitro groups is 1. The van der Waals surface area contributed by atoms with Gasteiger partial charge < -0.3 is 4.74 Å². The van der Waals surface area contributed by atoms with Crippen molar-refractivity contribution in [2.75, 3.05) is 6.61 Å². The first-order valence-electron chi connectivity index (χ1n) is 5.95. The predicted octanol–water partition coefficient (Wildman–Crippen LogP) is 3.53. The lowest BCUT2D eigenvalue weighted by molar-refractivity contribution is -0.385. The predicted molar refractivity (Wildman–Crippen MR) is 76.7 cm³/mol. The Morgan fingerprint density at radius 1 is 1.30 bits per heavy atom. The van der Waals surface area contributed by atoms with Gasteiger partial charge in [0.05, 0.1) is 9.80 Å². The number of rotatable bonds is 5. The number of benzene rings is 1. The molecule has 0 atom stereocenters. The number of ether oxygens (including phenoxy) is 1. The molecule has 0 saturated carbocycles. The van der Waals surface area contributed by atoms with Gasteiger partial charge in [0, 0.05) is 10.9 Å². The van der Waals surface area contributed by atoms with Crippen molar-refractivity contribution in [3.05, 3.63) is 55.8 Å². The van der Waals surface area contributed by atoms with E-state index in [1.807, 2.05) is 13.0 Å². The van der Waals surface area contributed by atoms with Gasteiger partial charge in [-0.3, -0.25) is 14.9 Å². The van der Waals surface area contributed by atoms with E-state index in [9.17, 15) is 14.9 Å². The number of nitro benzene ring substituents is 1. The molecule has 0 aliphatic rings. The number of nitrogens with zero attached hydrogens (tertiary/aromatic N) is 1. The fraction of sp³-hybridized carbons (Fsp3) is 0.214. The smallest absolute Gasteiger partial charge is 0.310 e. The van der Waals surface area contributed by atoms with E-state index in [2.05, 4.69) is 0 Å². The van der Waals surface area contributed by atoms with Gasteiger partial charge in [-0.15, -0.1) is 11.3 Å². The van der Waals surface area contributed by atoms with Crippen LogP contribution in [0.3, 0.4) is 0 Å². The Hall–Kier alpha value is -2.21. The molecular formula is C14H13NO4S. The third kappa shape index (κ3) is 3.21. The molecule has 2 aromatic rings. The Bertz CT molecular complexity index is 663. The van der Waals surface area contributed by atoms with Crippen molar-refractivity contribution < 1.29 is 14.5 Å². The van der Waals surface area contributed by atoms with Gasteiger partial charge in [-0.2, -0.15) is 0 Å². The van der Waals surface area contributed by atoms with Crippen molar-refractivity contribution in [3.8, 4) is 5.75 Å². The average Bonchev–Trinajstić information content (AvgIpc) is 2.82. The van der Waals surface area contributed by atoms with Gasteiger partial charge in [-0.05, 0) is 37.6 Å². The highest BCUT2D eigenvalue weighted by molar-refractivity contribution is 7.14. The Labute approximate surface area is 120 Å². The van der Waals surface area contributed by atoms with Gasteiger partial charge in [-0.25, -0.2) is 0 Å². The van der Waals surface area contributed by atoms with E-state index in [-0.39, 0.29) is 23.8 Å². The van der Waals surface area contributed by atoms with Crippen LogP contribution in [0, 0.1) is 24.0 Å². The zero-order valence-electron chi connectivity index (χ0n) is 11.1. The zero-order valence-corrected chi connectivity index (χ0v) is 11.9. The number of carbonyl (C=O) groups excluding carboxylic acids is 1. The summed E-state index contributed by atoms with van der Waals surface area (Å²) in [5, 5.41) is 10.9. The standard InChI is InChI=1S/C14H13NO4S/c1-9-3-5-11(15(17)18)13(7-9)19-8-12(16)14-6-4-10(2)20-14/h3-7H,8H2,1-2H3. The van der Waals surface area contributed by atoms with E-state index in [4.69, 9.17) is 4.74 Å². The van der Waals surface area contributed by atoms with Crippen LogP contribution in [0.1, 0.15) is 20.1 Å². The van der Waals surface area contributed by atoms with Crippen LogP contribution in [0.25, 0.3) is 0 Å². The third-order valence-corrected chi connectivity index (χ3v) is 3.73. The first-order valence-corrected chi connectivity index (χ1v) is 6.76. The molecule has 5 nitrogen and oxygen atoms in total. The number of carbonyl (C=O) groups is 1. The van der Waals surface area contributed by atoms with Crippen LogP contribution in [0.2, 0.25) is 0 Å². The van der Waals surface area contributed by atoms with Gasteiger partial charge in [0.15, 0.2) is 12.4 Å². The highest BCUT2D eigenvalue weighted by Gasteiger charge is 2.17. The molecule has 1 heterocycles. The zero-order chi connectivity index (χ0) is 14.7. The average molecular weight is 291 g/mol. The number of hydrogen-bond acceptors (Lipinski definition) is 5. The molecule has 0 amide bonds. The Balaban J connectivity index is 2.12. The summed E-state index contributed by atoms with van der Waals surface area (Å²) in [5.41, 5.74) is 0.704. The van der Waals surface area contributed by atoms with E-state index in [1.165, 1.54) is 17.4 Å². The molecule has 6 heteroatoms. The lowest BCUT2D eigenvalue weighted by Crippen LogP contribution is -2.11. The number of ketones is 1. The highest BCUT2D eigenvalue weighted by atomic mass is 32.1. The molecule has 0 N–H and O–H groups in total. The second kappa shape index (κ2) is 5.83. The summed E-state index contributed by atoms with van der Waals surface area (Å²) in [6, 6.07) is 8.16. The lowest BCUT2D eigenvalue weighted by atomic mass is 10.2. The van der Waals surface area contributed by atoms with Crippen LogP contribution in [0.5, 0.6) is 5.75 Å². The number of aryl methyl sites for hydroxylation is 2. The van der Waals surface area contributed by atoms with E-state index in [0.717, 1.165) is 10.4 Å². The first-order chi connectivity index (χ1) is 9.47. The molecule has 20 heavy (non-hydrogen) atoms. The summed E-state index contributed by atoms with van der Waals surface area (Å²) < 4.78 is 5.32. The quantitative estimate of drug-likeness (QED) is 0.480. The normalized spacial score (nSPS) is 10.3. The molecule has 0 spiro atoms. The molecule has 2 rings (SSSR count). The summed E-state index contributed by atoms with van der Waals surface area (Å²) in [6.07, 6.45) is 0. The third-order valence-electron chi connectivity index (χ3n) is 2.69. The molecule has 0 saturated heterocycles. The van der Waals surface area contributed by atoms with Gasteiger partial charge in [0.2, 0.25) is 5.78 Å². The monoisotopic (exact) mass is 291 g/mol. The minimum Gasteiger partial charge on any atom is -0.478 e. The second-order valence-corrected chi connectivity index (χ2v) is 5.64. The van der Waals surface area contributed by atoms with Gasteiger partial charge in [-0.1, -0.05) is 6.07 Å². The molecule has 0 bridgehead atoms. The van der Waals surface area contributed by atoms with Gasteiger partial charge in [0.25, 0.3) is 0 Å². The van der Waals surface area contributed by atoms with E-state index >= 15 is 0 Å². The topological polar surface area (TPSA) is 69.4 Å². The Kier molecular flexibility index (Phi) is 4.14. The summed E-state index contributed by atoms with van der Waals surface area (Å²) >= 11 is 1.38. The molecule has 1 aromatic heterocycles. The molecule has 0 aliphatic carbocycles. The maximum absolute atomic E-state index is 11.9. The summed E-state index contributed by atoms with van der Waals surface area (Å²) in [4.78, 5) is 23.9. The molecule has 104 valence electrons. The molecule has 0 radical (unpaired) electrons. The SMILES string of the molecule is Cc1ccc([N+](=O)[O-])c(OCC(=O)c2ccc(C)s2)c1. The first kappa shape index (κ1) is 14.2. The largest absolute Gasteiger partial charge is 0.478 e. The number of thiophene rings is 1. The fourth-order valence-corrected chi connectivity index (χ4v) is 2.48. The van der Waals surface area contributed by atoms with Crippen LogP contribution in [0.4, 0.5) is 5.69 Å². The summed E-state index contributed by atoms with van der Waals surface area (Å²) in [6.45, 7) is 3.51. The van der Waals surface area contributed by atoms with Crippen molar-refractivity contribution in [2.45, 2.75) is 13.8 Å².